The maximum atomic E-state index is 8.36. The molecule has 21 heavy (non-hydrogen) atoms. The molecule has 9 heteroatoms. The molecule has 0 radical (unpaired) electrons. The van der Waals surface area contributed by atoms with Crippen LogP contribution in [-0.4, -0.2) is 21.2 Å². The van der Waals surface area contributed by atoms with Crippen molar-refractivity contribution >= 4 is 23.5 Å². The topological polar surface area (TPSA) is 155 Å². The number of rotatable bonds is 0. The Bertz CT molecular complexity index is 603. The number of fused-ring (bicyclic) bond motifs is 3. The number of allylic oxidation sites excluding steroid dienone is 2. The van der Waals surface area contributed by atoms with E-state index in [0.717, 1.165) is 21.8 Å². The van der Waals surface area contributed by atoms with Crippen LogP contribution >= 0.6 is 0 Å². The van der Waals surface area contributed by atoms with Crippen LogP contribution in [0.2, 0.25) is 0 Å². The molecule has 0 fully saturated rings. The molecule has 0 aromatic heterocycles. The van der Waals surface area contributed by atoms with E-state index in [2.05, 4.69) is 34.9 Å². The van der Waals surface area contributed by atoms with Crippen LogP contribution in [-0.2, 0) is 17.1 Å². The fourth-order valence-electron chi connectivity index (χ4n) is 1.68. The molecule has 0 saturated carbocycles. The third-order valence-electron chi connectivity index (χ3n) is 2.34. The molecule has 2 aliphatic heterocycles. The molecular formula is C12H13CuN3O5-. The Labute approximate surface area is 130 Å². The van der Waals surface area contributed by atoms with Crippen LogP contribution in [0, 0.1) is 10.1 Å². The van der Waals surface area contributed by atoms with E-state index in [1.54, 1.807) is 12.4 Å². The molecule has 8 nitrogen and oxygen atoms in total. The Morgan fingerprint density at radius 2 is 1.29 bits per heavy atom. The zero-order valence-electron chi connectivity index (χ0n) is 10.5. The standard InChI is InChI=1S/C12H8N2.Cu.HNO3.2H2O/c1-3-9-5-6-10-4-2-8-14-12(10)11(9)13-7-1;;2-1(3)4;;/h1-8H;;(H,2,3,4);2*1H2/q-2;+1;;;. The van der Waals surface area contributed by atoms with E-state index in [-0.39, 0.29) is 28.0 Å². The first kappa shape index (κ1) is 21.0. The summed E-state index contributed by atoms with van der Waals surface area (Å²) in [5.41, 5.74) is 1.95. The summed E-state index contributed by atoms with van der Waals surface area (Å²) in [6, 6.07) is 4.15. The molecule has 0 aliphatic carbocycles. The molecule has 2 heterocycles. The monoisotopic (exact) mass is 342 g/mol. The Hall–Kier alpha value is -2.32. The Morgan fingerprint density at radius 1 is 0.952 bits per heavy atom. The summed E-state index contributed by atoms with van der Waals surface area (Å²) in [6.45, 7) is 0. The second-order valence-electron chi connectivity index (χ2n) is 3.45. The summed E-state index contributed by atoms with van der Waals surface area (Å²) >= 11 is 0. The van der Waals surface area contributed by atoms with Gasteiger partial charge in [0.2, 0.25) is 0 Å². The SMILES string of the molecule is C1=C[N-]c2c3c(ccc2=C1)=CC=C[N-]3.O.O.O=[N+]([O-])O.[Cu+]. The second kappa shape index (κ2) is 9.56. The third kappa shape index (κ3) is 5.28. The van der Waals surface area contributed by atoms with Crippen LogP contribution in [0.1, 0.15) is 0 Å². The molecule has 118 valence electrons. The minimum absolute atomic E-state index is 0. The van der Waals surface area contributed by atoms with Gasteiger partial charge in [-0.3, -0.25) is 0 Å². The number of hydrogen-bond donors (Lipinski definition) is 1. The Balaban J connectivity index is 0. The van der Waals surface area contributed by atoms with Crippen LogP contribution < -0.4 is 10.4 Å². The van der Waals surface area contributed by atoms with Crippen LogP contribution in [0.5, 0.6) is 0 Å². The molecule has 0 saturated heterocycles. The van der Waals surface area contributed by atoms with Crippen molar-refractivity contribution < 1.29 is 38.3 Å². The average Bonchev–Trinajstić information content (AvgIpc) is 2.38. The minimum atomic E-state index is -1.50. The molecule has 1 aromatic rings. The van der Waals surface area contributed by atoms with Crippen LogP contribution in [0.3, 0.4) is 0 Å². The van der Waals surface area contributed by atoms with Crippen molar-refractivity contribution in [3.8, 4) is 0 Å². The molecule has 5 N–H and O–H groups in total. The zero-order chi connectivity index (χ0) is 13.0. The molecule has 0 atom stereocenters. The predicted octanol–water partition coefficient (Wildman–Crippen LogP) is 0.313. The van der Waals surface area contributed by atoms with Gasteiger partial charge in [-0.15, -0.1) is 21.5 Å². The van der Waals surface area contributed by atoms with E-state index in [1.807, 2.05) is 12.2 Å². The van der Waals surface area contributed by atoms with Gasteiger partial charge in [0.05, 0.1) is 0 Å². The maximum Gasteiger partial charge on any atom is 1.00 e. The first-order chi connectivity index (χ1) is 8.68. The van der Waals surface area contributed by atoms with Gasteiger partial charge in [-0.05, 0) is 10.4 Å². The first-order valence-corrected chi connectivity index (χ1v) is 5.10. The average molecular weight is 343 g/mol. The smallest absolute Gasteiger partial charge is 0.665 e. The molecule has 3 rings (SSSR count). The van der Waals surface area contributed by atoms with E-state index >= 15 is 0 Å². The number of benzene rings is 1. The van der Waals surface area contributed by atoms with Gasteiger partial charge in [-0.1, -0.05) is 36.4 Å². The summed E-state index contributed by atoms with van der Waals surface area (Å²) in [5, 5.41) is 24.6. The van der Waals surface area contributed by atoms with E-state index in [4.69, 9.17) is 15.3 Å². The first-order valence-electron chi connectivity index (χ1n) is 5.10. The predicted molar refractivity (Wildman–Crippen MR) is 74.9 cm³/mol. The van der Waals surface area contributed by atoms with E-state index < -0.39 is 5.09 Å². The van der Waals surface area contributed by atoms with E-state index in [9.17, 15) is 0 Å². The molecule has 2 aliphatic rings. The molecule has 0 bridgehead atoms. The molecular weight excluding hydrogens is 330 g/mol. The number of nitrogens with zero attached hydrogens (tertiary/aromatic N) is 3. The molecule has 0 unspecified atom stereocenters. The van der Waals surface area contributed by atoms with E-state index in [0.29, 0.717) is 0 Å². The van der Waals surface area contributed by atoms with E-state index in [1.165, 1.54) is 0 Å². The van der Waals surface area contributed by atoms with Gasteiger partial charge >= 0.3 is 17.1 Å². The van der Waals surface area contributed by atoms with Crippen molar-refractivity contribution in [2.75, 3.05) is 0 Å². The fourth-order valence-corrected chi connectivity index (χ4v) is 1.68. The molecule has 1 aromatic carbocycles. The number of hydrogen-bond acceptors (Lipinski definition) is 2. The van der Waals surface area contributed by atoms with Crippen LogP contribution in [0.15, 0.2) is 36.7 Å². The summed E-state index contributed by atoms with van der Waals surface area (Å²) in [5.74, 6) is 0. The van der Waals surface area contributed by atoms with Crippen molar-refractivity contribution in [2.24, 2.45) is 0 Å². The summed E-state index contributed by atoms with van der Waals surface area (Å²) in [7, 11) is 0. The maximum absolute atomic E-state index is 8.36. The Morgan fingerprint density at radius 3 is 1.62 bits per heavy atom. The van der Waals surface area contributed by atoms with Crippen LogP contribution in [0.4, 0.5) is 11.4 Å². The van der Waals surface area contributed by atoms with Gasteiger partial charge in [0, 0.05) is 0 Å². The van der Waals surface area contributed by atoms with Crippen molar-refractivity contribution in [1.82, 2.24) is 0 Å². The third-order valence-corrected chi connectivity index (χ3v) is 2.34. The largest absolute Gasteiger partial charge is 1.00 e. The normalized spacial score (nSPS) is 11.4. The van der Waals surface area contributed by atoms with Crippen LogP contribution in [0.25, 0.3) is 22.8 Å². The minimum Gasteiger partial charge on any atom is -0.665 e. The second-order valence-corrected chi connectivity index (χ2v) is 3.45. The van der Waals surface area contributed by atoms with Crippen molar-refractivity contribution in [2.45, 2.75) is 0 Å². The Kier molecular flexibility index (Phi) is 9.56. The summed E-state index contributed by atoms with van der Waals surface area (Å²) < 4.78 is 0. The van der Waals surface area contributed by atoms with Crippen molar-refractivity contribution in [3.63, 3.8) is 0 Å². The fraction of sp³-hybridized carbons (Fsp3) is 0. The van der Waals surface area contributed by atoms with Gasteiger partial charge in [0.1, 0.15) is 0 Å². The van der Waals surface area contributed by atoms with Crippen molar-refractivity contribution in [1.29, 1.82) is 0 Å². The molecule has 0 spiro atoms. The molecule has 0 amide bonds. The zero-order valence-corrected chi connectivity index (χ0v) is 11.5. The van der Waals surface area contributed by atoms with Gasteiger partial charge in [0.15, 0.2) is 0 Å². The van der Waals surface area contributed by atoms with Gasteiger partial charge in [-0.2, -0.15) is 12.4 Å². The van der Waals surface area contributed by atoms with Crippen molar-refractivity contribution in [3.05, 3.63) is 67.9 Å². The van der Waals surface area contributed by atoms with Gasteiger partial charge in [-0.25, -0.2) is 0 Å². The van der Waals surface area contributed by atoms with Gasteiger partial charge in [0.25, 0.3) is 5.09 Å². The summed E-state index contributed by atoms with van der Waals surface area (Å²) in [4.78, 5) is 8.36. The van der Waals surface area contributed by atoms with Gasteiger partial charge < -0.3 is 26.8 Å². The quantitative estimate of drug-likeness (QED) is 0.409. The summed E-state index contributed by atoms with van der Waals surface area (Å²) in [6.07, 6.45) is 11.6.